The highest BCUT2D eigenvalue weighted by Crippen LogP contribution is 2.28. The predicted molar refractivity (Wildman–Crippen MR) is 66.0 cm³/mol. The third-order valence-electron chi connectivity index (χ3n) is 2.89. The van der Waals surface area contributed by atoms with Gasteiger partial charge in [0.15, 0.2) is 0 Å². The van der Waals surface area contributed by atoms with Crippen molar-refractivity contribution in [2.24, 2.45) is 0 Å². The normalized spacial score (nSPS) is 16.9. The van der Waals surface area contributed by atoms with E-state index in [1.165, 1.54) is 16.8 Å². The van der Waals surface area contributed by atoms with Crippen LogP contribution in [0.5, 0.6) is 0 Å². The molecule has 1 aliphatic rings. The lowest BCUT2D eigenvalue weighted by Crippen LogP contribution is -2.44. The van der Waals surface area contributed by atoms with E-state index in [-0.39, 0.29) is 0 Å². The molecular formula is C12H17ClN2. The van der Waals surface area contributed by atoms with Gasteiger partial charge in [0.05, 0.1) is 0 Å². The molecule has 1 heterocycles. The van der Waals surface area contributed by atoms with E-state index in [0.29, 0.717) is 0 Å². The summed E-state index contributed by atoms with van der Waals surface area (Å²) in [7, 11) is 0. The van der Waals surface area contributed by atoms with Gasteiger partial charge in [-0.05, 0) is 37.1 Å². The lowest BCUT2D eigenvalue weighted by atomic mass is 10.1. The third-order valence-corrected chi connectivity index (χ3v) is 3.11. The zero-order chi connectivity index (χ0) is 10.8. The summed E-state index contributed by atoms with van der Waals surface area (Å²) < 4.78 is 0. The molecule has 0 saturated carbocycles. The van der Waals surface area contributed by atoms with Crippen LogP contribution < -0.4 is 10.2 Å². The van der Waals surface area contributed by atoms with E-state index in [4.69, 9.17) is 11.6 Å². The van der Waals surface area contributed by atoms with Crippen LogP contribution in [0.15, 0.2) is 12.1 Å². The van der Waals surface area contributed by atoms with Crippen LogP contribution in [0.25, 0.3) is 0 Å². The summed E-state index contributed by atoms with van der Waals surface area (Å²) >= 11 is 6.03. The van der Waals surface area contributed by atoms with Crippen LogP contribution in [0.2, 0.25) is 5.02 Å². The Kier molecular flexibility index (Phi) is 3.17. The van der Waals surface area contributed by atoms with Crippen LogP contribution in [0, 0.1) is 13.8 Å². The molecular weight excluding hydrogens is 208 g/mol. The molecule has 1 N–H and O–H groups in total. The van der Waals surface area contributed by atoms with Crippen LogP contribution in [-0.2, 0) is 0 Å². The molecule has 1 fully saturated rings. The van der Waals surface area contributed by atoms with Crippen molar-refractivity contribution >= 4 is 17.3 Å². The largest absolute Gasteiger partial charge is 0.369 e. The minimum Gasteiger partial charge on any atom is -0.369 e. The third kappa shape index (κ3) is 2.27. The molecule has 2 rings (SSSR count). The fraction of sp³-hybridized carbons (Fsp3) is 0.500. The Balaban J connectivity index is 2.33. The van der Waals surface area contributed by atoms with Crippen molar-refractivity contribution in [2.45, 2.75) is 13.8 Å². The van der Waals surface area contributed by atoms with Gasteiger partial charge in [-0.15, -0.1) is 0 Å². The molecule has 1 aliphatic heterocycles. The highest BCUT2D eigenvalue weighted by Gasteiger charge is 2.14. The summed E-state index contributed by atoms with van der Waals surface area (Å²) in [6.07, 6.45) is 0. The molecule has 1 aromatic rings. The first-order chi connectivity index (χ1) is 7.18. The number of hydrogen-bond donors (Lipinski definition) is 1. The SMILES string of the molecule is Cc1cc(Cl)cc(C)c1N1CCNCC1. The zero-order valence-corrected chi connectivity index (χ0v) is 10.1. The summed E-state index contributed by atoms with van der Waals surface area (Å²) in [5.74, 6) is 0. The molecule has 0 bridgehead atoms. The number of rotatable bonds is 1. The van der Waals surface area contributed by atoms with Crippen molar-refractivity contribution < 1.29 is 0 Å². The molecule has 1 saturated heterocycles. The number of piperazine rings is 1. The number of anilines is 1. The van der Waals surface area contributed by atoms with E-state index >= 15 is 0 Å². The molecule has 2 nitrogen and oxygen atoms in total. The van der Waals surface area contributed by atoms with Gasteiger partial charge in [0.1, 0.15) is 0 Å². The highest BCUT2D eigenvalue weighted by molar-refractivity contribution is 6.30. The highest BCUT2D eigenvalue weighted by atomic mass is 35.5. The maximum atomic E-state index is 6.03. The first-order valence-corrected chi connectivity index (χ1v) is 5.78. The van der Waals surface area contributed by atoms with Crippen LogP contribution >= 0.6 is 11.6 Å². The first kappa shape index (κ1) is 10.8. The van der Waals surface area contributed by atoms with Gasteiger partial charge in [0.25, 0.3) is 0 Å². The summed E-state index contributed by atoms with van der Waals surface area (Å²) in [6, 6.07) is 4.10. The minimum absolute atomic E-state index is 0.837. The topological polar surface area (TPSA) is 15.3 Å². The predicted octanol–water partition coefficient (Wildman–Crippen LogP) is 2.37. The number of aryl methyl sites for hydroxylation is 2. The number of halogens is 1. The van der Waals surface area contributed by atoms with Gasteiger partial charge < -0.3 is 10.2 Å². The average Bonchev–Trinajstić information content (AvgIpc) is 2.17. The van der Waals surface area contributed by atoms with E-state index in [1.807, 2.05) is 12.1 Å². The average molecular weight is 225 g/mol. The van der Waals surface area contributed by atoms with Crippen molar-refractivity contribution in [1.82, 2.24) is 5.32 Å². The Morgan fingerprint density at radius 2 is 1.67 bits per heavy atom. The van der Waals surface area contributed by atoms with Gasteiger partial charge in [-0.1, -0.05) is 11.6 Å². The van der Waals surface area contributed by atoms with Crippen molar-refractivity contribution in [3.63, 3.8) is 0 Å². The Morgan fingerprint density at radius 1 is 1.13 bits per heavy atom. The quantitative estimate of drug-likeness (QED) is 0.788. The lowest BCUT2D eigenvalue weighted by Gasteiger charge is -2.32. The van der Waals surface area contributed by atoms with Crippen molar-refractivity contribution in [3.05, 3.63) is 28.3 Å². The van der Waals surface area contributed by atoms with E-state index < -0.39 is 0 Å². The fourth-order valence-corrected chi connectivity index (χ4v) is 2.62. The summed E-state index contributed by atoms with van der Waals surface area (Å²) in [5, 5.41) is 4.20. The monoisotopic (exact) mass is 224 g/mol. The summed E-state index contributed by atoms with van der Waals surface area (Å²) in [5.41, 5.74) is 3.92. The smallest absolute Gasteiger partial charge is 0.0427 e. The van der Waals surface area contributed by atoms with Gasteiger partial charge in [0, 0.05) is 36.9 Å². The van der Waals surface area contributed by atoms with Gasteiger partial charge in [-0.25, -0.2) is 0 Å². The second-order valence-electron chi connectivity index (χ2n) is 4.13. The maximum absolute atomic E-state index is 6.03. The van der Waals surface area contributed by atoms with E-state index in [1.54, 1.807) is 0 Å². The molecule has 0 aromatic heterocycles. The molecule has 0 aliphatic carbocycles. The second kappa shape index (κ2) is 4.42. The molecule has 0 unspecified atom stereocenters. The number of nitrogens with zero attached hydrogens (tertiary/aromatic N) is 1. The van der Waals surface area contributed by atoms with Crippen LogP contribution in [0.4, 0.5) is 5.69 Å². The van der Waals surface area contributed by atoms with Gasteiger partial charge in [-0.3, -0.25) is 0 Å². The standard InChI is InChI=1S/C12H17ClN2/c1-9-7-11(13)8-10(2)12(9)15-5-3-14-4-6-15/h7-8,14H,3-6H2,1-2H3. The first-order valence-electron chi connectivity index (χ1n) is 5.41. The van der Waals surface area contributed by atoms with Gasteiger partial charge >= 0.3 is 0 Å². The van der Waals surface area contributed by atoms with Gasteiger partial charge in [0.2, 0.25) is 0 Å². The molecule has 0 radical (unpaired) electrons. The number of hydrogen-bond acceptors (Lipinski definition) is 2. The van der Waals surface area contributed by atoms with Crippen LogP contribution in [0.3, 0.4) is 0 Å². The summed E-state index contributed by atoms with van der Waals surface area (Å²) in [4.78, 5) is 2.44. The van der Waals surface area contributed by atoms with Crippen molar-refractivity contribution in [3.8, 4) is 0 Å². The molecule has 0 amide bonds. The molecule has 1 aromatic carbocycles. The van der Waals surface area contributed by atoms with E-state index in [2.05, 4.69) is 24.1 Å². The Hall–Kier alpha value is -0.730. The fourth-order valence-electron chi connectivity index (χ4n) is 2.29. The molecule has 15 heavy (non-hydrogen) atoms. The zero-order valence-electron chi connectivity index (χ0n) is 9.31. The Labute approximate surface area is 96.2 Å². The van der Waals surface area contributed by atoms with Crippen molar-refractivity contribution in [1.29, 1.82) is 0 Å². The Bertz CT molecular complexity index is 334. The summed E-state index contributed by atoms with van der Waals surface area (Å²) in [6.45, 7) is 8.59. The lowest BCUT2D eigenvalue weighted by molar-refractivity contribution is 0.587. The Morgan fingerprint density at radius 3 is 2.20 bits per heavy atom. The van der Waals surface area contributed by atoms with E-state index in [0.717, 1.165) is 31.2 Å². The molecule has 82 valence electrons. The van der Waals surface area contributed by atoms with E-state index in [9.17, 15) is 0 Å². The van der Waals surface area contributed by atoms with Gasteiger partial charge in [-0.2, -0.15) is 0 Å². The number of nitrogens with one attached hydrogen (secondary N) is 1. The minimum atomic E-state index is 0.837. The molecule has 0 spiro atoms. The van der Waals surface area contributed by atoms with Crippen LogP contribution in [0.1, 0.15) is 11.1 Å². The maximum Gasteiger partial charge on any atom is 0.0427 e. The number of benzene rings is 1. The second-order valence-corrected chi connectivity index (χ2v) is 4.56. The van der Waals surface area contributed by atoms with Crippen LogP contribution in [-0.4, -0.2) is 26.2 Å². The van der Waals surface area contributed by atoms with Crippen molar-refractivity contribution in [2.75, 3.05) is 31.1 Å². The molecule has 3 heteroatoms. The molecule has 0 atom stereocenters.